The largest absolute Gasteiger partial charge is 0.465 e. The van der Waals surface area contributed by atoms with Gasteiger partial charge in [0.15, 0.2) is 0 Å². The van der Waals surface area contributed by atoms with E-state index in [1.165, 1.54) is 12.1 Å². The average Bonchev–Trinajstić information content (AvgIpc) is 2.62. The topological polar surface area (TPSA) is 72.5 Å². The summed E-state index contributed by atoms with van der Waals surface area (Å²) >= 11 is 0. The van der Waals surface area contributed by atoms with Gasteiger partial charge in [0.05, 0.1) is 11.5 Å². The Bertz CT molecular complexity index is 858. The normalized spacial score (nSPS) is 12.4. The van der Waals surface area contributed by atoms with Crippen molar-refractivity contribution in [3.63, 3.8) is 0 Å². The molecule has 0 unspecified atom stereocenters. The lowest BCUT2D eigenvalue weighted by molar-refractivity contribution is -0.144. The summed E-state index contributed by atoms with van der Waals surface area (Å²) < 4.78 is 32.7. The van der Waals surface area contributed by atoms with E-state index in [9.17, 15) is 13.2 Å². The highest BCUT2D eigenvalue weighted by molar-refractivity contribution is 7.89. The monoisotopic (exact) mass is 373 g/mol. The summed E-state index contributed by atoms with van der Waals surface area (Å²) in [6.45, 7) is 7.69. The van der Waals surface area contributed by atoms with Crippen LogP contribution in [0.15, 0.2) is 66.1 Å². The van der Waals surface area contributed by atoms with Crippen LogP contribution in [-0.2, 0) is 19.6 Å². The van der Waals surface area contributed by atoms with Gasteiger partial charge in [-0.3, -0.25) is 4.79 Å². The summed E-state index contributed by atoms with van der Waals surface area (Å²) in [5.41, 5.74) is 2.44. The fourth-order valence-corrected chi connectivity index (χ4v) is 3.61. The summed E-state index contributed by atoms with van der Waals surface area (Å²) in [5.74, 6) is -0.625. The Labute approximate surface area is 154 Å². The molecule has 1 N–H and O–H groups in total. The van der Waals surface area contributed by atoms with Crippen LogP contribution in [0, 0.1) is 6.92 Å². The van der Waals surface area contributed by atoms with Crippen LogP contribution in [0.5, 0.6) is 0 Å². The molecule has 0 radical (unpaired) electrons. The molecule has 6 heteroatoms. The van der Waals surface area contributed by atoms with Crippen molar-refractivity contribution in [3.8, 4) is 0 Å². The Balaban J connectivity index is 2.23. The average molecular weight is 373 g/mol. The minimum atomic E-state index is -3.86. The van der Waals surface area contributed by atoms with E-state index < -0.39 is 22.0 Å². The fraction of sp³-hybridized carbons (Fsp3) is 0.250. The van der Waals surface area contributed by atoms with Crippen LogP contribution >= 0.6 is 0 Å². The molecule has 2 aromatic rings. The molecule has 0 amide bonds. The third-order valence-corrected chi connectivity index (χ3v) is 5.32. The first kappa shape index (κ1) is 19.9. The number of sulfonamides is 1. The smallest absolute Gasteiger partial charge is 0.324 e. The van der Waals surface area contributed by atoms with E-state index in [4.69, 9.17) is 4.74 Å². The fourth-order valence-electron chi connectivity index (χ4n) is 2.43. The number of carbonyl (C=O) groups is 1. The number of hydrogen-bond donors (Lipinski definition) is 1. The summed E-state index contributed by atoms with van der Waals surface area (Å²) in [6, 6.07) is 14.7. The highest BCUT2D eigenvalue weighted by atomic mass is 32.2. The SMILES string of the molecule is C=C(C[C@H](NS(=O)(=O)c1ccc(C)cc1)C(=O)OCC)c1ccccc1. The minimum absolute atomic E-state index is 0.0997. The molecule has 0 bridgehead atoms. The van der Waals surface area contributed by atoms with Gasteiger partial charge in [-0.15, -0.1) is 0 Å². The van der Waals surface area contributed by atoms with Crippen LogP contribution < -0.4 is 4.72 Å². The molecule has 0 aliphatic rings. The second-order valence-corrected chi connectivity index (χ2v) is 7.63. The van der Waals surface area contributed by atoms with Crippen molar-refractivity contribution in [2.45, 2.75) is 31.2 Å². The first-order valence-corrected chi connectivity index (χ1v) is 9.80. The van der Waals surface area contributed by atoms with Gasteiger partial charge in [0.25, 0.3) is 0 Å². The molecule has 0 aromatic heterocycles. The quantitative estimate of drug-likeness (QED) is 0.721. The van der Waals surface area contributed by atoms with Crippen molar-refractivity contribution >= 4 is 21.6 Å². The Morgan fingerprint density at radius 1 is 1.12 bits per heavy atom. The zero-order chi connectivity index (χ0) is 19.2. The van der Waals surface area contributed by atoms with Gasteiger partial charge in [-0.25, -0.2) is 8.42 Å². The number of hydrogen-bond acceptors (Lipinski definition) is 4. The van der Waals surface area contributed by atoms with Crippen LogP contribution in [0.3, 0.4) is 0 Å². The summed E-state index contributed by atoms with van der Waals surface area (Å²) in [7, 11) is -3.86. The number of benzene rings is 2. The first-order chi connectivity index (χ1) is 12.3. The van der Waals surface area contributed by atoms with Crippen LogP contribution in [0.2, 0.25) is 0 Å². The van der Waals surface area contributed by atoms with Crippen molar-refractivity contribution in [3.05, 3.63) is 72.3 Å². The molecule has 0 aliphatic heterocycles. The second kappa shape index (κ2) is 8.78. The molecule has 0 saturated heterocycles. The van der Waals surface area contributed by atoms with E-state index in [0.29, 0.717) is 5.57 Å². The van der Waals surface area contributed by atoms with Crippen molar-refractivity contribution in [2.24, 2.45) is 0 Å². The van der Waals surface area contributed by atoms with Gasteiger partial charge < -0.3 is 4.74 Å². The Morgan fingerprint density at radius 2 is 1.73 bits per heavy atom. The molecule has 138 valence electrons. The van der Waals surface area contributed by atoms with Crippen molar-refractivity contribution < 1.29 is 17.9 Å². The zero-order valence-corrected chi connectivity index (χ0v) is 15.8. The Kier molecular flexibility index (Phi) is 6.71. The molecule has 0 fully saturated rings. The zero-order valence-electron chi connectivity index (χ0n) is 14.9. The van der Waals surface area contributed by atoms with Gasteiger partial charge in [0.1, 0.15) is 6.04 Å². The van der Waals surface area contributed by atoms with E-state index in [1.807, 2.05) is 37.3 Å². The molecular weight excluding hydrogens is 350 g/mol. The minimum Gasteiger partial charge on any atom is -0.465 e. The van der Waals surface area contributed by atoms with Gasteiger partial charge >= 0.3 is 5.97 Å². The highest BCUT2D eigenvalue weighted by Gasteiger charge is 2.27. The van der Waals surface area contributed by atoms with E-state index >= 15 is 0 Å². The molecule has 1 atom stereocenters. The van der Waals surface area contributed by atoms with Gasteiger partial charge in [-0.2, -0.15) is 4.72 Å². The first-order valence-electron chi connectivity index (χ1n) is 8.32. The number of nitrogens with one attached hydrogen (secondary N) is 1. The van der Waals surface area contributed by atoms with Crippen molar-refractivity contribution in [1.82, 2.24) is 4.72 Å². The predicted molar refractivity (Wildman–Crippen MR) is 102 cm³/mol. The molecule has 26 heavy (non-hydrogen) atoms. The van der Waals surface area contributed by atoms with Gasteiger partial charge in [0, 0.05) is 0 Å². The van der Waals surface area contributed by atoms with E-state index in [2.05, 4.69) is 11.3 Å². The number of ether oxygens (including phenoxy) is 1. The second-order valence-electron chi connectivity index (χ2n) is 5.91. The molecule has 5 nitrogen and oxygen atoms in total. The Morgan fingerprint density at radius 3 is 2.31 bits per heavy atom. The highest BCUT2D eigenvalue weighted by Crippen LogP contribution is 2.20. The molecule has 2 rings (SSSR count). The lowest BCUT2D eigenvalue weighted by Gasteiger charge is -2.19. The number of carbonyl (C=O) groups excluding carboxylic acids is 1. The number of aryl methyl sites for hydroxylation is 1. The standard InChI is InChI=1S/C20H23NO4S/c1-4-25-20(22)19(14-16(3)17-8-6-5-7-9-17)21-26(23,24)18-12-10-15(2)11-13-18/h5-13,19,21H,3-4,14H2,1-2H3/t19-/m0/s1. The van der Waals surface area contributed by atoms with Crippen LogP contribution in [0.25, 0.3) is 5.57 Å². The third kappa shape index (κ3) is 5.28. The van der Waals surface area contributed by atoms with Gasteiger partial charge in [0.2, 0.25) is 10.0 Å². The van der Waals surface area contributed by atoms with Crippen LogP contribution in [0.1, 0.15) is 24.5 Å². The van der Waals surface area contributed by atoms with Crippen LogP contribution in [-0.4, -0.2) is 27.0 Å². The lowest BCUT2D eigenvalue weighted by Crippen LogP contribution is -2.42. The number of esters is 1. The molecular formula is C20H23NO4S. The number of rotatable bonds is 8. The van der Waals surface area contributed by atoms with Crippen LogP contribution in [0.4, 0.5) is 0 Å². The maximum Gasteiger partial charge on any atom is 0.324 e. The molecule has 0 aliphatic carbocycles. The van der Waals surface area contributed by atoms with Gasteiger partial charge in [-0.05, 0) is 43.5 Å². The third-order valence-electron chi connectivity index (χ3n) is 3.83. The Hall–Kier alpha value is -2.44. The molecule has 0 saturated carbocycles. The summed E-state index contributed by atoms with van der Waals surface area (Å²) in [6.07, 6.45) is 0.119. The van der Waals surface area contributed by atoms with Gasteiger partial charge in [-0.1, -0.05) is 54.6 Å². The molecule has 2 aromatic carbocycles. The molecule has 0 heterocycles. The molecule has 0 spiro atoms. The summed E-state index contributed by atoms with van der Waals surface area (Å²) in [4.78, 5) is 12.4. The summed E-state index contributed by atoms with van der Waals surface area (Å²) in [5, 5.41) is 0. The van der Waals surface area contributed by atoms with E-state index in [-0.39, 0.29) is 17.9 Å². The maximum absolute atomic E-state index is 12.6. The van der Waals surface area contributed by atoms with E-state index in [0.717, 1.165) is 11.1 Å². The predicted octanol–water partition coefficient (Wildman–Crippen LogP) is 3.31. The van der Waals surface area contributed by atoms with Crippen molar-refractivity contribution in [2.75, 3.05) is 6.61 Å². The maximum atomic E-state index is 12.6. The van der Waals surface area contributed by atoms with E-state index in [1.54, 1.807) is 19.1 Å². The lowest BCUT2D eigenvalue weighted by atomic mass is 10.0. The van der Waals surface area contributed by atoms with Crippen molar-refractivity contribution in [1.29, 1.82) is 0 Å².